The van der Waals surface area contributed by atoms with Crippen molar-refractivity contribution in [1.29, 1.82) is 0 Å². The number of aromatic amines is 1. The van der Waals surface area contributed by atoms with E-state index >= 15 is 0 Å². The number of hydrogen-bond donors (Lipinski definition) is 1. The largest absolute Gasteiger partial charge is 0.366 e. The van der Waals surface area contributed by atoms with Crippen LogP contribution in [0.1, 0.15) is 25.1 Å². The van der Waals surface area contributed by atoms with Crippen molar-refractivity contribution in [3.8, 4) is 27.9 Å². The maximum Gasteiger partial charge on any atom is 0.347 e. The van der Waals surface area contributed by atoms with Crippen LogP contribution in [0.3, 0.4) is 0 Å². The summed E-state index contributed by atoms with van der Waals surface area (Å²) in [6.07, 6.45) is 4.66. The van der Waals surface area contributed by atoms with Crippen molar-refractivity contribution < 1.29 is 4.74 Å². The van der Waals surface area contributed by atoms with E-state index in [2.05, 4.69) is 75.8 Å². The summed E-state index contributed by atoms with van der Waals surface area (Å²) in [5, 5.41) is 7.06. The Morgan fingerprint density at radius 1 is 0.889 bits per heavy atom. The lowest BCUT2D eigenvalue weighted by Crippen LogP contribution is -2.36. The van der Waals surface area contributed by atoms with Crippen molar-refractivity contribution >= 4 is 0 Å². The predicted octanol–water partition coefficient (Wildman–Crippen LogP) is 5.14. The molecule has 6 rings (SSSR count). The van der Waals surface area contributed by atoms with Gasteiger partial charge >= 0.3 is 5.69 Å². The Morgan fingerprint density at radius 3 is 2.11 bits per heavy atom. The Kier molecular flexibility index (Phi) is 6.30. The number of benzene rings is 3. The van der Waals surface area contributed by atoms with Crippen LogP contribution in [0.5, 0.6) is 0 Å². The van der Waals surface area contributed by atoms with Crippen molar-refractivity contribution in [3.05, 3.63) is 95.2 Å². The SMILES string of the molecule is COC(C1CC1)N1CC[C@@H](Cc2n[nH]c(=O)n2-c2ccc(-c3ccc(-c4ccccc4)cc3)cc2)C1. The van der Waals surface area contributed by atoms with E-state index in [-0.39, 0.29) is 11.9 Å². The second-order valence-electron chi connectivity index (χ2n) is 10.1. The average Bonchev–Trinajstić information content (AvgIpc) is 3.55. The number of nitrogens with zero attached hydrogens (tertiary/aromatic N) is 3. The molecule has 3 aromatic carbocycles. The van der Waals surface area contributed by atoms with Gasteiger partial charge < -0.3 is 4.74 Å². The normalized spacial score (nSPS) is 19.0. The molecule has 2 atom stereocenters. The monoisotopic (exact) mass is 480 g/mol. The molecule has 4 aromatic rings. The number of rotatable bonds is 8. The Labute approximate surface area is 211 Å². The fourth-order valence-corrected chi connectivity index (χ4v) is 5.56. The van der Waals surface area contributed by atoms with Crippen LogP contribution in [0.4, 0.5) is 0 Å². The highest BCUT2D eigenvalue weighted by Crippen LogP contribution is 2.38. The summed E-state index contributed by atoms with van der Waals surface area (Å²) in [6.45, 7) is 2.04. The van der Waals surface area contributed by atoms with E-state index in [1.54, 1.807) is 4.57 Å². The van der Waals surface area contributed by atoms with Crippen molar-refractivity contribution in [2.24, 2.45) is 11.8 Å². The first-order valence-electron chi connectivity index (χ1n) is 12.9. The molecular formula is C30H32N4O2. The fourth-order valence-electron chi connectivity index (χ4n) is 5.56. The number of aromatic nitrogens is 3. The van der Waals surface area contributed by atoms with Crippen LogP contribution in [0.25, 0.3) is 27.9 Å². The van der Waals surface area contributed by atoms with Gasteiger partial charge in [0.2, 0.25) is 0 Å². The summed E-state index contributed by atoms with van der Waals surface area (Å²) in [5.74, 6) is 1.95. The topological polar surface area (TPSA) is 63.1 Å². The molecule has 184 valence electrons. The van der Waals surface area contributed by atoms with Crippen LogP contribution in [-0.4, -0.2) is 46.1 Å². The number of ether oxygens (including phenoxy) is 1. The zero-order valence-corrected chi connectivity index (χ0v) is 20.6. The Bertz CT molecular complexity index is 1350. The Morgan fingerprint density at radius 2 is 1.50 bits per heavy atom. The van der Waals surface area contributed by atoms with Gasteiger partial charge in [-0.3, -0.25) is 4.90 Å². The highest BCUT2D eigenvalue weighted by atomic mass is 16.5. The van der Waals surface area contributed by atoms with E-state index in [1.807, 2.05) is 25.3 Å². The maximum atomic E-state index is 12.7. The van der Waals surface area contributed by atoms with Crippen LogP contribution in [0, 0.1) is 11.8 Å². The summed E-state index contributed by atoms with van der Waals surface area (Å²) >= 11 is 0. The van der Waals surface area contributed by atoms with Gasteiger partial charge in [-0.2, -0.15) is 5.10 Å². The standard InChI is InChI=1S/C30H32N4O2/c1-36-29(26-11-12-26)33-18-17-21(20-33)19-28-31-32-30(35)34(28)27-15-13-25(14-16-27)24-9-7-23(8-10-24)22-5-3-2-4-6-22/h2-10,13-16,21,26,29H,11-12,17-20H2,1H3,(H,32,35)/t21-,29?/m0/s1. The predicted molar refractivity (Wildman–Crippen MR) is 142 cm³/mol. The molecule has 6 nitrogen and oxygen atoms in total. The second-order valence-corrected chi connectivity index (χ2v) is 10.1. The van der Waals surface area contributed by atoms with E-state index in [4.69, 9.17) is 4.74 Å². The molecule has 1 unspecified atom stereocenters. The Hall–Kier alpha value is -3.48. The quantitative estimate of drug-likeness (QED) is 0.379. The molecule has 1 aliphatic heterocycles. The van der Waals surface area contributed by atoms with Gasteiger partial charge in [-0.05, 0) is 65.5 Å². The molecule has 6 heteroatoms. The number of methoxy groups -OCH3 is 1. The molecule has 1 aliphatic carbocycles. The van der Waals surface area contributed by atoms with Gasteiger partial charge in [0.25, 0.3) is 0 Å². The third-order valence-electron chi connectivity index (χ3n) is 7.61. The van der Waals surface area contributed by atoms with Gasteiger partial charge in [-0.15, -0.1) is 0 Å². The summed E-state index contributed by atoms with van der Waals surface area (Å²) < 4.78 is 7.50. The molecule has 0 amide bonds. The molecule has 0 bridgehead atoms. The molecule has 0 radical (unpaired) electrons. The summed E-state index contributed by atoms with van der Waals surface area (Å²) in [7, 11) is 1.82. The Balaban J connectivity index is 1.17. The minimum atomic E-state index is -0.187. The number of hydrogen-bond acceptors (Lipinski definition) is 4. The molecule has 1 saturated carbocycles. The molecule has 1 aromatic heterocycles. The van der Waals surface area contributed by atoms with E-state index in [0.717, 1.165) is 48.6 Å². The average molecular weight is 481 g/mol. The maximum absolute atomic E-state index is 12.7. The van der Waals surface area contributed by atoms with Crippen LogP contribution in [-0.2, 0) is 11.2 Å². The number of likely N-dealkylation sites (tertiary alicyclic amines) is 1. The number of H-pyrrole nitrogens is 1. The lowest BCUT2D eigenvalue weighted by molar-refractivity contribution is -0.0365. The van der Waals surface area contributed by atoms with Crippen molar-refractivity contribution in [2.45, 2.75) is 31.9 Å². The summed E-state index contributed by atoms with van der Waals surface area (Å²) in [6, 6.07) is 27.2. The van der Waals surface area contributed by atoms with Crippen LogP contribution in [0.2, 0.25) is 0 Å². The summed E-state index contributed by atoms with van der Waals surface area (Å²) in [5.41, 5.74) is 5.33. The van der Waals surface area contributed by atoms with Gasteiger partial charge in [0, 0.05) is 26.6 Å². The molecule has 2 aliphatic rings. The molecular weight excluding hydrogens is 448 g/mol. The van der Waals surface area contributed by atoms with Crippen LogP contribution in [0.15, 0.2) is 83.7 Å². The summed E-state index contributed by atoms with van der Waals surface area (Å²) in [4.78, 5) is 15.1. The van der Waals surface area contributed by atoms with Gasteiger partial charge in [-0.1, -0.05) is 66.7 Å². The van der Waals surface area contributed by atoms with E-state index in [9.17, 15) is 4.79 Å². The minimum Gasteiger partial charge on any atom is -0.366 e. The molecule has 2 fully saturated rings. The van der Waals surface area contributed by atoms with E-state index < -0.39 is 0 Å². The van der Waals surface area contributed by atoms with Crippen LogP contribution < -0.4 is 5.69 Å². The fraction of sp³-hybridized carbons (Fsp3) is 0.333. The van der Waals surface area contributed by atoms with Gasteiger partial charge in [0.1, 0.15) is 12.1 Å². The third kappa shape index (κ3) is 4.66. The molecule has 1 N–H and O–H groups in total. The third-order valence-corrected chi connectivity index (χ3v) is 7.61. The van der Waals surface area contributed by atoms with Crippen molar-refractivity contribution in [1.82, 2.24) is 19.7 Å². The minimum absolute atomic E-state index is 0.187. The smallest absolute Gasteiger partial charge is 0.347 e. The zero-order valence-electron chi connectivity index (χ0n) is 20.6. The van der Waals surface area contributed by atoms with Gasteiger partial charge in [0.15, 0.2) is 0 Å². The lowest BCUT2D eigenvalue weighted by Gasteiger charge is -2.26. The highest BCUT2D eigenvalue weighted by Gasteiger charge is 2.38. The first kappa shape index (κ1) is 23.0. The zero-order chi connectivity index (χ0) is 24.5. The first-order chi connectivity index (χ1) is 17.7. The van der Waals surface area contributed by atoms with Crippen molar-refractivity contribution in [2.75, 3.05) is 20.2 Å². The van der Waals surface area contributed by atoms with Crippen molar-refractivity contribution in [3.63, 3.8) is 0 Å². The van der Waals surface area contributed by atoms with Gasteiger partial charge in [0.05, 0.1) is 5.69 Å². The second kappa shape index (κ2) is 9.88. The van der Waals surface area contributed by atoms with Crippen LogP contribution >= 0.6 is 0 Å². The molecule has 0 spiro atoms. The lowest BCUT2D eigenvalue weighted by atomic mass is 10.00. The number of nitrogens with one attached hydrogen (secondary N) is 1. The van der Waals surface area contributed by atoms with E-state index in [1.165, 1.54) is 24.0 Å². The molecule has 36 heavy (non-hydrogen) atoms. The molecule has 2 heterocycles. The highest BCUT2D eigenvalue weighted by molar-refractivity contribution is 5.70. The van der Waals surface area contributed by atoms with Gasteiger partial charge in [-0.25, -0.2) is 14.5 Å². The van der Waals surface area contributed by atoms with E-state index in [0.29, 0.717) is 11.8 Å². The first-order valence-corrected chi connectivity index (χ1v) is 12.9. The molecule has 1 saturated heterocycles.